The van der Waals surface area contributed by atoms with Gasteiger partial charge in [-0.15, -0.1) is 0 Å². The van der Waals surface area contributed by atoms with Crippen LogP contribution in [0.25, 0.3) is 0 Å². The maximum atomic E-state index is 13.3. The van der Waals surface area contributed by atoms with Crippen molar-refractivity contribution >= 4 is 7.82 Å². The minimum Gasteiger partial charge on any atom is -0.391 e. The summed E-state index contributed by atoms with van der Waals surface area (Å²) in [7, 11) is -3.87. The lowest BCUT2D eigenvalue weighted by Gasteiger charge is -2.28. The molecule has 0 amide bonds. The Balaban J connectivity index is 1.52. The van der Waals surface area contributed by atoms with E-state index in [0.29, 0.717) is 23.7 Å². The fourth-order valence-corrected chi connectivity index (χ4v) is 4.10. The van der Waals surface area contributed by atoms with E-state index < -0.39 is 7.82 Å². The van der Waals surface area contributed by atoms with Crippen LogP contribution in [0.3, 0.4) is 0 Å². The summed E-state index contributed by atoms with van der Waals surface area (Å²) < 4.78 is 30.2. The summed E-state index contributed by atoms with van der Waals surface area (Å²) >= 11 is 0. The number of para-hydroxylation sites is 2. The third kappa shape index (κ3) is 4.42. The maximum Gasteiger partial charge on any atom is 0.646 e. The smallest absolute Gasteiger partial charge is 0.391 e. The zero-order valence-corrected chi connectivity index (χ0v) is 15.5. The predicted molar refractivity (Wildman–Crippen MR) is 105 cm³/mol. The van der Waals surface area contributed by atoms with Gasteiger partial charge in [-0.2, -0.15) is 4.57 Å². The second kappa shape index (κ2) is 7.73. The van der Waals surface area contributed by atoms with Crippen LogP contribution in [0.5, 0.6) is 11.5 Å². The molecular formula is C22H19O4P. The molecule has 0 fully saturated rings. The number of rotatable bonds is 7. The Hall–Kier alpha value is -2.97. The molecule has 0 bridgehead atoms. The van der Waals surface area contributed by atoms with E-state index in [1.165, 1.54) is 5.56 Å². The Morgan fingerprint density at radius 2 is 1.11 bits per heavy atom. The number of allylic oxidation sites excluding steroid dienone is 2. The van der Waals surface area contributed by atoms with Crippen molar-refractivity contribution in [1.29, 1.82) is 0 Å². The van der Waals surface area contributed by atoms with Crippen molar-refractivity contribution in [3.8, 4) is 11.5 Å². The van der Waals surface area contributed by atoms with Crippen molar-refractivity contribution in [2.75, 3.05) is 0 Å². The maximum absolute atomic E-state index is 13.3. The van der Waals surface area contributed by atoms with Gasteiger partial charge < -0.3 is 13.6 Å². The lowest BCUT2D eigenvalue weighted by Crippen LogP contribution is -2.13. The first-order valence-electron chi connectivity index (χ1n) is 8.75. The van der Waals surface area contributed by atoms with Crippen LogP contribution in [0.1, 0.15) is 17.9 Å². The first kappa shape index (κ1) is 17.4. The van der Waals surface area contributed by atoms with Gasteiger partial charge in [0.1, 0.15) is 17.3 Å². The Bertz CT molecular complexity index is 910. The molecule has 4 nitrogen and oxygen atoms in total. The molecule has 5 heteroatoms. The number of benzene rings is 3. The van der Waals surface area contributed by atoms with Gasteiger partial charge in [-0.3, -0.25) is 0 Å². The third-order valence-electron chi connectivity index (χ3n) is 4.19. The molecule has 136 valence electrons. The number of phosphoric ester groups is 1. The second-order valence-electron chi connectivity index (χ2n) is 6.20. The van der Waals surface area contributed by atoms with Crippen LogP contribution < -0.4 is 9.05 Å². The van der Waals surface area contributed by atoms with E-state index >= 15 is 0 Å². The summed E-state index contributed by atoms with van der Waals surface area (Å²) in [6.07, 6.45) is 2.61. The van der Waals surface area contributed by atoms with Crippen LogP contribution in [0, 0.1) is 0 Å². The molecule has 4 rings (SSSR count). The first-order chi connectivity index (χ1) is 13.2. The Morgan fingerprint density at radius 3 is 1.59 bits per heavy atom. The van der Waals surface area contributed by atoms with Crippen LogP contribution in [-0.2, 0) is 9.09 Å². The quantitative estimate of drug-likeness (QED) is 0.450. The molecule has 0 unspecified atom stereocenters. The van der Waals surface area contributed by atoms with Gasteiger partial charge in [0.05, 0.1) is 0 Å². The van der Waals surface area contributed by atoms with Gasteiger partial charge in [0.15, 0.2) is 0 Å². The molecule has 3 aromatic rings. The average Bonchev–Trinajstić information content (AvgIpc) is 2.67. The summed E-state index contributed by atoms with van der Waals surface area (Å²) in [5.41, 5.74) is 1.20. The fraction of sp³-hybridized carbons (Fsp3) is 0.0909. The van der Waals surface area contributed by atoms with Crippen LogP contribution >= 0.6 is 7.82 Å². The second-order valence-corrected chi connectivity index (χ2v) is 7.64. The third-order valence-corrected chi connectivity index (χ3v) is 5.51. The largest absolute Gasteiger partial charge is 0.646 e. The van der Waals surface area contributed by atoms with Gasteiger partial charge in [0.2, 0.25) is 0 Å². The Morgan fingerprint density at radius 1 is 0.667 bits per heavy atom. The fourth-order valence-electron chi connectivity index (χ4n) is 2.81. The van der Waals surface area contributed by atoms with Gasteiger partial charge in [0.25, 0.3) is 0 Å². The standard InChI is InChI=1S/C22H19O4P/c23-27(24-20-12-6-2-7-13-20,25-21-14-8-3-9-15-21)26-22-16-19(17-22)18-10-4-1-5-11-18/h1-16,19H,17H2/t19-/m0/s1. The average molecular weight is 378 g/mol. The van der Waals surface area contributed by atoms with E-state index in [4.69, 9.17) is 13.6 Å². The summed E-state index contributed by atoms with van der Waals surface area (Å²) in [4.78, 5) is 0. The molecule has 0 aliphatic heterocycles. The van der Waals surface area contributed by atoms with Crippen molar-refractivity contribution in [2.24, 2.45) is 0 Å². The molecule has 0 heterocycles. The van der Waals surface area contributed by atoms with E-state index in [0.717, 1.165) is 0 Å². The van der Waals surface area contributed by atoms with E-state index in [-0.39, 0.29) is 5.92 Å². The van der Waals surface area contributed by atoms with Crippen LogP contribution in [0.4, 0.5) is 0 Å². The summed E-state index contributed by atoms with van der Waals surface area (Å²) in [5, 5.41) is 0. The molecule has 0 N–H and O–H groups in total. The van der Waals surface area contributed by atoms with Crippen LogP contribution in [-0.4, -0.2) is 0 Å². The van der Waals surface area contributed by atoms with E-state index in [2.05, 4.69) is 12.1 Å². The number of phosphoric acid groups is 1. The molecule has 1 atom stereocenters. The highest BCUT2D eigenvalue weighted by atomic mass is 31.2. The molecule has 27 heavy (non-hydrogen) atoms. The SMILES string of the molecule is O=P(OC1=C[C@H](c2ccccc2)C1)(Oc1ccccc1)Oc1ccccc1. The molecule has 1 aliphatic rings. The van der Waals surface area contributed by atoms with Gasteiger partial charge in [-0.05, 0) is 35.9 Å². The molecule has 0 saturated heterocycles. The lowest BCUT2D eigenvalue weighted by atomic mass is 9.86. The van der Waals surface area contributed by atoms with Crippen LogP contribution in [0.15, 0.2) is 103 Å². The van der Waals surface area contributed by atoms with Gasteiger partial charge in [-0.25, -0.2) is 0 Å². The minimum atomic E-state index is -3.87. The molecule has 0 saturated carbocycles. The molecule has 0 radical (unpaired) electrons. The summed E-state index contributed by atoms with van der Waals surface area (Å²) in [6, 6.07) is 27.9. The van der Waals surface area contributed by atoms with Crippen molar-refractivity contribution in [2.45, 2.75) is 12.3 Å². The Labute approximate surface area is 158 Å². The molecule has 3 aromatic carbocycles. The number of hydrogen-bond acceptors (Lipinski definition) is 4. The Kier molecular flexibility index (Phi) is 4.99. The summed E-state index contributed by atoms with van der Waals surface area (Å²) in [5.74, 6) is 1.72. The van der Waals surface area contributed by atoms with Gasteiger partial charge >= 0.3 is 7.82 Å². The zero-order valence-electron chi connectivity index (χ0n) is 14.6. The van der Waals surface area contributed by atoms with E-state index in [9.17, 15) is 4.57 Å². The topological polar surface area (TPSA) is 44.8 Å². The van der Waals surface area contributed by atoms with E-state index in [1.54, 1.807) is 48.5 Å². The highest BCUT2D eigenvalue weighted by molar-refractivity contribution is 7.49. The molecule has 0 aromatic heterocycles. The number of hydrogen-bond donors (Lipinski definition) is 0. The van der Waals surface area contributed by atoms with Crippen LogP contribution in [0.2, 0.25) is 0 Å². The van der Waals surface area contributed by atoms with Crippen molar-refractivity contribution < 1.29 is 18.1 Å². The van der Waals surface area contributed by atoms with Gasteiger partial charge in [-0.1, -0.05) is 66.7 Å². The van der Waals surface area contributed by atoms with E-state index in [1.807, 2.05) is 36.4 Å². The lowest BCUT2D eigenvalue weighted by molar-refractivity contribution is 0.239. The highest BCUT2D eigenvalue weighted by Crippen LogP contribution is 2.54. The van der Waals surface area contributed by atoms with Gasteiger partial charge in [0, 0.05) is 12.3 Å². The highest BCUT2D eigenvalue weighted by Gasteiger charge is 2.37. The van der Waals surface area contributed by atoms with Crippen molar-refractivity contribution in [1.82, 2.24) is 0 Å². The minimum absolute atomic E-state index is 0.253. The van der Waals surface area contributed by atoms with Crippen molar-refractivity contribution in [3.05, 3.63) is 108 Å². The van der Waals surface area contributed by atoms with Crippen molar-refractivity contribution in [3.63, 3.8) is 0 Å². The molecular weight excluding hydrogens is 359 g/mol. The normalized spacial score (nSPS) is 16.0. The zero-order chi connectivity index (χ0) is 18.5. The molecule has 0 spiro atoms. The monoisotopic (exact) mass is 378 g/mol. The summed E-state index contributed by atoms with van der Waals surface area (Å²) in [6.45, 7) is 0. The predicted octanol–water partition coefficient (Wildman–Crippen LogP) is 6.34. The molecule has 1 aliphatic carbocycles. The first-order valence-corrected chi connectivity index (χ1v) is 10.2.